The lowest BCUT2D eigenvalue weighted by atomic mass is 9.83. The lowest BCUT2D eigenvalue weighted by Gasteiger charge is -2.21. The maximum absolute atomic E-state index is 12.6. The highest BCUT2D eigenvalue weighted by atomic mass is 16.3. The molecule has 0 radical (unpaired) electrons. The normalized spacial score (nSPS) is 16.6. The van der Waals surface area contributed by atoms with Crippen LogP contribution in [0.25, 0.3) is 10.9 Å². The molecule has 1 heterocycles. The number of ketones is 1. The standard InChI is InChI=1S/C16H17NO2/c18-14-9-8-13(12-7-4-10-17-15(12)14)16(19)11-5-2-1-3-6-11/h4,7-11,18H,1-3,5-6H2. The van der Waals surface area contributed by atoms with Crippen molar-refractivity contribution in [3.8, 4) is 5.75 Å². The predicted octanol–water partition coefficient (Wildman–Crippen LogP) is 3.70. The van der Waals surface area contributed by atoms with Crippen LogP contribution in [0.15, 0.2) is 30.5 Å². The minimum absolute atomic E-state index is 0.135. The van der Waals surface area contributed by atoms with Gasteiger partial charge in [0.1, 0.15) is 11.3 Å². The van der Waals surface area contributed by atoms with E-state index < -0.39 is 0 Å². The van der Waals surface area contributed by atoms with Crippen LogP contribution in [0.5, 0.6) is 5.75 Å². The highest BCUT2D eigenvalue weighted by Crippen LogP contribution is 2.31. The van der Waals surface area contributed by atoms with E-state index in [1.165, 1.54) is 6.42 Å². The Morgan fingerprint density at radius 3 is 2.74 bits per heavy atom. The molecule has 1 aliphatic carbocycles. The molecular weight excluding hydrogens is 238 g/mol. The Labute approximate surface area is 112 Å². The van der Waals surface area contributed by atoms with E-state index in [-0.39, 0.29) is 17.5 Å². The summed E-state index contributed by atoms with van der Waals surface area (Å²) in [5.74, 6) is 0.482. The summed E-state index contributed by atoms with van der Waals surface area (Å²) >= 11 is 0. The first-order valence-electron chi connectivity index (χ1n) is 6.88. The van der Waals surface area contributed by atoms with Gasteiger partial charge in [-0.05, 0) is 31.0 Å². The number of rotatable bonds is 2. The fourth-order valence-corrected chi connectivity index (χ4v) is 2.96. The fraction of sp³-hybridized carbons (Fsp3) is 0.375. The minimum atomic E-state index is 0.135. The summed E-state index contributed by atoms with van der Waals surface area (Å²) < 4.78 is 0. The second-order valence-corrected chi connectivity index (χ2v) is 5.23. The van der Waals surface area contributed by atoms with Gasteiger partial charge in [0, 0.05) is 23.1 Å². The Hall–Kier alpha value is -1.90. The second-order valence-electron chi connectivity index (χ2n) is 5.23. The van der Waals surface area contributed by atoms with Crippen LogP contribution in [0.4, 0.5) is 0 Å². The molecule has 0 aliphatic heterocycles. The molecule has 0 bridgehead atoms. The van der Waals surface area contributed by atoms with Crippen molar-refractivity contribution in [1.82, 2.24) is 4.98 Å². The highest BCUT2D eigenvalue weighted by Gasteiger charge is 2.24. The van der Waals surface area contributed by atoms with Crippen LogP contribution in [0, 0.1) is 5.92 Å². The molecule has 2 aromatic rings. The second kappa shape index (κ2) is 5.00. The minimum Gasteiger partial charge on any atom is -0.506 e. The van der Waals surface area contributed by atoms with Crippen molar-refractivity contribution in [3.63, 3.8) is 0 Å². The molecule has 3 heteroatoms. The van der Waals surface area contributed by atoms with Gasteiger partial charge in [-0.1, -0.05) is 25.3 Å². The number of phenolic OH excluding ortho intramolecular Hbond substituents is 1. The molecule has 0 unspecified atom stereocenters. The summed E-state index contributed by atoms with van der Waals surface area (Å²) in [5.41, 5.74) is 1.22. The number of hydrogen-bond donors (Lipinski definition) is 1. The van der Waals surface area contributed by atoms with Crippen molar-refractivity contribution in [2.75, 3.05) is 0 Å². The van der Waals surface area contributed by atoms with Crippen LogP contribution in [-0.4, -0.2) is 15.9 Å². The Kier molecular flexibility index (Phi) is 3.20. The van der Waals surface area contributed by atoms with E-state index in [2.05, 4.69) is 4.98 Å². The average molecular weight is 255 g/mol. The highest BCUT2D eigenvalue weighted by molar-refractivity contribution is 6.09. The summed E-state index contributed by atoms with van der Waals surface area (Å²) in [6.07, 6.45) is 7.14. The van der Waals surface area contributed by atoms with Gasteiger partial charge >= 0.3 is 0 Å². The molecule has 1 aromatic heterocycles. The molecule has 1 N–H and O–H groups in total. The molecule has 0 amide bonds. The summed E-state index contributed by atoms with van der Waals surface area (Å²) in [7, 11) is 0. The zero-order valence-corrected chi connectivity index (χ0v) is 10.8. The van der Waals surface area contributed by atoms with Crippen LogP contribution in [0.3, 0.4) is 0 Å². The van der Waals surface area contributed by atoms with E-state index >= 15 is 0 Å². The number of pyridine rings is 1. The number of benzene rings is 1. The summed E-state index contributed by atoms with van der Waals surface area (Å²) in [5, 5.41) is 10.6. The maximum atomic E-state index is 12.6. The van der Waals surface area contributed by atoms with Crippen LogP contribution in [0.1, 0.15) is 42.5 Å². The number of fused-ring (bicyclic) bond motifs is 1. The van der Waals surface area contributed by atoms with Crippen LogP contribution >= 0.6 is 0 Å². The number of phenols is 1. The molecule has 0 atom stereocenters. The lowest BCUT2D eigenvalue weighted by Crippen LogP contribution is -2.18. The molecule has 0 spiro atoms. The van der Waals surface area contributed by atoms with Gasteiger partial charge in [0.15, 0.2) is 5.78 Å². The third kappa shape index (κ3) is 2.21. The monoisotopic (exact) mass is 255 g/mol. The van der Waals surface area contributed by atoms with Crippen molar-refractivity contribution in [2.45, 2.75) is 32.1 Å². The van der Waals surface area contributed by atoms with Crippen LogP contribution in [-0.2, 0) is 0 Å². The van der Waals surface area contributed by atoms with Gasteiger partial charge in [-0.25, -0.2) is 0 Å². The first-order valence-corrected chi connectivity index (χ1v) is 6.88. The largest absolute Gasteiger partial charge is 0.506 e. The van der Waals surface area contributed by atoms with Crippen molar-refractivity contribution >= 4 is 16.7 Å². The molecule has 98 valence electrons. The van der Waals surface area contributed by atoms with Gasteiger partial charge in [-0.3, -0.25) is 9.78 Å². The molecule has 19 heavy (non-hydrogen) atoms. The Bertz CT molecular complexity index is 615. The smallest absolute Gasteiger partial charge is 0.166 e. The summed E-state index contributed by atoms with van der Waals surface area (Å²) in [6.45, 7) is 0. The van der Waals surface area contributed by atoms with Crippen molar-refractivity contribution in [1.29, 1.82) is 0 Å². The maximum Gasteiger partial charge on any atom is 0.166 e. The Morgan fingerprint density at radius 1 is 1.16 bits per heavy atom. The number of aromatic nitrogens is 1. The number of nitrogens with zero attached hydrogens (tertiary/aromatic N) is 1. The summed E-state index contributed by atoms with van der Waals surface area (Å²) in [4.78, 5) is 16.8. The van der Waals surface area contributed by atoms with Gasteiger partial charge in [0.05, 0.1) is 0 Å². The van der Waals surface area contributed by atoms with Gasteiger partial charge < -0.3 is 5.11 Å². The fourth-order valence-electron chi connectivity index (χ4n) is 2.96. The quantitative estimate of drug-likeness (QED) is 0.832. The predicted molar refractivity (Wildman–Crippen MR) is 74.3 cm³/mol. The van der Waals surface area contributed by atoms with Crippen LogP contribution < -0.4 is 0 Å². The first-order chi connectivity index (χ1) is 9.27. The van der Waals surface area contributed by atoms with E-state index in [4.69, 9.17) is 0 Å². The molecule has 3 nitrogen and oxygen atoms in total. The lowest BCUT2D eigenvalue weighted by molar-refractivity contribution is 0.0891. The van der Waals surface area contributed by atoms with Crippen molar-refractivity contribution in [2.24, 2.45) is 5.92 Å². The topological polar surface area (TPSA) is 50.2 Å². The number of hydrogen-bond acceptors (Lipinski definition) is 3. The van der Waals surface area contributed by atoms with E-state index in [1.807, 2.05) is 6.07 Å². The SMILES string of the molecule is O=C(c1ccc(O)c2ncccc12)C1CCCCC1. The average Bonchev–Trinajstić information content (AvgIpc) is 2.48. The molecule has 1 saturated carbocycles. The number of Topliss-reactive ketones (excluding diaryl/α,β-unsaturated/α-hetero) is 1. The van der Waals surface area contributed by atoms with Gasteiger partial charge in [-0.15, -0.1) is 0 Å². The van der Waals surface area contributed by atoms with Gasteiger partial charge in [-0.2, -0.15) is 0 Å². The molecule has 1 fully saturated rings. The van der Waals surface area contributed by atoms with Crippen molar-refractivity contribution in [3.05, 3.63) is 36.0 Å². The van der Waals surface area contributed by atoms with E-state index in [1.54, 1.807) is 24.4 Å². The van der Waals surface area contributed by atoms with Crippen molar-refractivity contribution < 1.29 is 9.90 Å². The molecule has 0 saturated heterocycles. The molecule has 3 rings (SSSR count). The number of carbonyl (C=O) groups is 1. The van der Waals surface area contributed by atoms with E-state index in [0.29, 0.717) is 11.1 Å². The zero-order valence-electron chi connectivity index (χ0n) is 10.8. The van der Waals surface area contributed by atoms with Gasteiger partial charge in [0.25, 0.3) is 0 Å². The molecule has 1 aliphatic rings. The molecule has 1 aromatic carbocycles. The number of carbonyl (C=O) groups excluding carboxylic acids is 1. The molecular formula is C16H17NO2. The third-order valence-electron chi connectivity index (χ3n) is 3.99. The van der Waals surface area contributed by atoms with E-state index in [0.717, 1.165) is 31.1 Å². The Balaban J connectivity index is 2.05. The summed E-state index contributed by atoms with van der Waals surface area (Å²) in [6, 6.07) is 6.97. The van der Waals surface area contributed by atoms with E-state index in [9.17, 15) is 9.90 Å². The Morgan fingerprint density at radius 2 is 1.95 bits per heavy atom. The third-order valence-corrected chi connectivity index (χ3v) is 3.99. The van der Waals surface area contributed by atoms with Crippen LogP contribution in [0.2, 0.25) is 0 Å². The number of aromatic hydroxyl groups is 1. The zero-order chi connectivity index (χ0) is 13.2. The van der Waals surface area contributed by atoms with Gasteiger partial charge in [0.2, 0.25) is 0 Å². The first kappa shape index (κ1) is 12.2.